The summed E-state index contributed by atoms with van der Waals surface area (Å²) in [5, 5.41) is 9.67. The van der Waals surface area contributed by atoms with Crippen molar-refractivity contribution < 1.29 is 28.8 Å². The van der Waals surface area contributed by atoms with Gasteiger partial charge in [0.05, 0.1) is 45.3 Å². The molecule has 0 radical (unpaired) electrons. The fourth-order valence-electron chi connectivity index (χ4n) is 3.97. The molecule has 0 aliphatic carbocycles. The third-order valence-corrected chi connectivity index (χ3v) is 10.1. The highest BCUT2D eigenvalue weighted by Crippen LogP contribution is 2.58. The number of methoxy groups -OCH3 is 4. The van der Waals surface area contributed by atoms with E-state index >= 15 is 0 Å². The fraction of sp³-hybridized carbons (Fsp3) is 0.333. The first-order chi connectivity index (χ1) is 18.0. The SMILES string of the molecule is COc1cc([C@H]2SC[C@H](c3cc(OC)c(OC)c(OC)c3)S2)cc(N)c1OCCSc1ccc(O)cc1. The molecule has 1 aliphatic rings. The second kappa shape index (κ2) is 12.7. The van der Waals surface area contributed by atoms with Crippen LogP contribution in [0, 0.1) is 0 Å². The topological polar surface area (TPSA) is 92.4 Å². The van der Waals surface area contributed by atoms with Gasteiger partial charge in [0.2, 0.25) is 5.75 Å². The summed E-state index contributed by atoms with van der Waals surface area (Å²) in [4.78, 5) is 1.06. The lowest BCUT2D eigenvalue weighted by molar-refractivity contribution is 0.315. The molecular weight excluding hydrogens is 530 g/mol. The Morgan fingerprint density at radius 1 is 0.865 bits per heavy atom. The van der Waals surface area contributed by atoms with Crippen LogP contribution in [0.3, 0.4) is 0 Å². The Kier molecular flexibility index (Phi) is 9.39. The van der Waals surface area contributed by atoms with Crippen LogP contribution >= 0.6 is 35.3 Å². The number of thioether (sulfide) groups is 3. The van der Waals surface area contributed by atoms with Gasteiger partial charge in [-0.15, -0.1) is 35.3 Å². The average Bonchev–Trinajstić information content (AvgIpc) is 3.42. The van der Waals surface area contributed by atoms with Crippen LogP contribution < -0.4 is 29.4 Å². The van der Waals surface area contributed by atoms with E-state index in [-0.39, 0.29) is 15.6 Å². The summed E-state index contributed by atoms with van der Waals surface area (Å²) >= 11 is 5.37. The molecule has 1 fully saturated rings. The maximum Gasteiger partial charge on any atom is 0.203 e. The summed E-state index contributed by atoms with van der Waals surface area (Å²) in [5.74, 6) is 5.02. The molecule has 198 valence electrons. The summed E-state index contributed by atoms with van der Waals surface area (Å²) in [7, 11) is 6.50. The van der Waals surface area contributed by atoms with E-state index in [1.165, 1.54) is 0 Å². The van der Waals surface area contributed by atoms with Crippen molar-refractivity contribution in [2.45, 2.75) is 14.7 Å². The molecule has 37 heavy (non-hydrogen) atoms. The van der Waals surface area contributed by atoms with Gasteiger partial charge >= 0.3 is 0 Å². The van der Waals surface area contributed by atoms with E-state index in [4.69, 9.17) is 29.4 Å². The summed E-state index contributed by atoms with van der Waals surface area (Å²) in [6.45, 7) is 0.474. The monoisotopic (exact) mass is 561 g/mol. The lowest BCUT2D eigenvalue weighted by atomic mass is 10.1. The van der Waals surface area contributed by atoms with Gasteiger partial charge < -0.3 is 34.5 Å². The van der Waals surface area contributed by atoms with E-state index in [0.717, 1.165) is 27.5 Å². The molecule has 3 N–H and O–H groups in total. The maximum atomic E-state index is 9.42. The highest BCUT2D eigenvalue weighted by atomic mass is 32.2. The van der Waals surface area contributed by atoms with Crippen molar-refractivity contribution in [1.29, 1.82) is 0 Å². The van der Waals surface area contributed by atoms with Gasteiger partial charge in [-0.2, -0.15) is 0 Å². The normalized spacial score (nSPS) is 16.9. The van der Waals surface area contributed by atoms with Crippen LogP contribution in [-0.2, 0) is 0 Å². The second-order valence-electron chi connectivity index (χ2n) is 8.08. The Morgan fingerprint density at radius 3 is 2.11 bits per heavy atom. The molecule has 1 heterocycles. The number of ether oxygens (including phenoxy) is 5. The molecule has 0 saturated carbocycles. The van der Waals surface area contributed by atoms with Crippen molar-refractivity contribution in [3.05, 3.63) is 59.7 Å². The lowest BCUT2D eigenvalue weighted by Crippen LogP contribution is -2.05. The van der Waals surface area contributed by atoms with Crippen LogP contribution in [0.2, 0.25) is 0 Å². The molecule has 4 rings (SSSR count). The Morgan fingerprint density at radius 2 is 1.49 bits per heavy atom. The molecule has 3 aromatic carbocycles. The molecule has 0 amide bonds. The minimum absolute atomic E-state index is 0.194. The minimum atomic E-state index is 0.194. The van der Waals surface area contributed by atoms with E-state index in [1.54, 1.807) is 52.3 Å². The molecule has 2 atom stereocenters. The number of rotatable bonds is 11. The number of hydrogen-bond acceptors (Lipinski definition) is 10. The van der Waals surface area contributed by atoms with Crippen molar-refractivity contribution in [2.75, 3.05) is 52.3 Å². The fourth-order valence-corrected chi connectivity index (χ4v) is 7.96. The van der Waals surface area contributed by atoms with E-state index < -0.39 is 0 Å². The van der Waals surface area contributed by atoms with Gasteiger partial charge in [0.15, 0.2) is 23.0 Å². The van der Waals surface area contributed by atoms with Gasteiger partial charge in [0.25, 0.3) is 0 Å². The molecule has 0 unspecified atom stereocenters. The molecule has 0 aromatic heterocycles. The van der Waals surface area contributed by atoms with Crippen molar-refractivity contribution >= 4 is 41.0 Å². The van der Waals surface area contributed by atoms with Crippen LogP contribution in [0.1, 0.15) is 21.0 Å². The largest absolute Gasteiger partial charge is 0.508 e. The lowest BCUT2D eigenvalue weighted by Gasteiger charge is -2.18. The molecule has 10 heteroatoms. The van der Waals surface area contributed by atoms with Gasteiger partial charge in [0.1, 0.15) is 5.75 Å². The smallest absolute Gasteiger partial charge is 0.203 e. The number of nitrogens with two attached hydrogens (primary N) is 1. The Hall–Kier alpha value is -2.69. The molecular formula is C27H31NO6S3. The number of benzene rings is 3. The Labute approximate surface area is 230 Å². The quantitative estimate of drug-likeness (QED) is 0.156. The third kappa shape index (κ3) is 6.42. The molecule has 0 bridgehead atoms. The van der Waals surface area contributed by atoms with E-state index in [0.29, 0.717) is 41.0 Å². The summed E-state index contributed by atoms with van der Waals surface area (Å²) in [5.41, 5.74) is 9.19. The highest BCUT2D eigenvalue weighted by molar-refractivity contribution is 8.19. The number of nitrogen functional groups attached to an aromatic ring is 1. The Bertz CT molecular complexity index is 1180. The molecule has 1 aliphatic heterocycles. The van der Waals surface area contributed by atoms with Gasteiger partial charge in [0, 0.05) is 21.7 Å². The number of phenolic OH excluding ortho intramolecular Hbond substituents is 1. The highest BCUT2D eigenvalue weighted by Gasteiger charge is 2.31. The Balaban J connectivity index is 1.43. The zero-order valence-electron chi connectivity index (χ0n) is 21.2. The standard InChI is InChI=1S/C27H31NO6S3/c1-30-21-14-17(11-20(28)25(21)34-9-10-35-19-7-5-18(29)6-8-19)27-36-15-24(37-27)16-12-22(31-2)26(33-4)23(13-16)32-3/h5-8,11-14,24,27,29H,9-10,15,28H2,1-4H3/t24-,27+/m1/s1. The van der Waals surface area contributed by atoms with E-state index in [2.05, 4.69) is 0 Å². The summed E-state index contributed by atoms with van der Waals surface area (Å²) in [6, 6.07) is 15.1. The predicted octanol–water partition coefficient (Wildman–Crippen LogP) is 6.40. The van der Waals surface area contributed by atoms with Crippen LogP contribution in [0.15, 0.2) is 53.4 Å². The minimum Gasteiger partial charge on any atom is -0.508 e. The molecule has 0 spiro atoms. The van der Waals surface area contributed by atoms with Crippen LogP contribution in [0.4, 0.5) is 5.69 Å². The number of phenols is 1. The number of aromatic hydroxyl groups is 1. The zero-order chi connectivity index (χ0) is 26.4. The first kappa shape index (κ1) is 27.3. The van der Waals surface area contributed by atoms with Crippen LogP contribution in [0.25, 0.3) is 0 Å². The molecule has 1 saturated heterocycles. The molecule has 7 nitrogen and oxygen atoms in total. The summed E-state index contributed by atoms with van der Waals surface area (Å²) < 4.78 is 28.4. The molecule has 3 aromatic rings. The van der Waals surface area contributed by atoms with Crippen molar-refractivity contribution in [3.8, 4) is 34.5 Å². The van der Waals surface area contributed by atoms with Gasteiger partial charge in [-0.05, 0) is 59.7 Å². The van der Waals surface area contributed by atoms with Crippen LogP contribution in [0.5, 0.6) is 34.5 Å². The van der Waals surface area contributed by atoms with E-state index in [1.807, 2.05) is 59.9 Å². The first-order valence-corrected chi connectivity index (χ1v) is 14.5. The van der Waals surface area contributed by atoms with E-state index in [9.17, 15) is 5.11 Å². The van der Waals surface area contributed by atoms with Gasteiger partial charge in [-0.25, -0.2) is 0 Å². The van der Waals surface area contributed by atoms with Crippen molar-refractivity contribution in [1.82, 2.24) is 0 Å². The third-order valence-electron chi connectivity index (χ3n) is 5.78. The average molecular weight is 562 g/mol. The first-order valence-electron chi connectivity index (χ1n) is 11.6. The second-order valence-corrected chi connectivity index (χ2v) is 12.0. The van der Waals surface area contributed by atoms with Crippen molar-refractivity contribution in [2.24, 2.45) is 0 Å². The predicted molar refractivity (Wildman–Crippen MR) is 153 cm³/mol. The maximum absolute atomic E-state index is 9.42. The zero-order valence-corrected chi connectivity index (χ0v) is 23.6. The number of anilines is 1. The van der Waals surface area contributed by atoms with Gasteiger partial charge in [-0.1, -0.05) is 0 Å². The van der Waals surface area contributed by atoms with Crippen LogP contribution in [-0.4, -0.2) is 51.7 Å². The number of hydrogen-bond donors (Lipinski definition) is 2. The summed E-state index contributed by atoms with van der Waals surface area (Å²) in [6.07, 6.45) is 0. The van der Waals surface area contributed by atoms with Crippen molar-refractivity contribution in [3.63, 3.8) is 0 Å². The van der Waals surface area contributed by atoms with Gasteiger partial charge in [-0.3, -0.25) is 0 Å².